The average Bonchev–Trinajstić information content (AvgIpc) is 2.96. The largest absolute Gasteiger partial charge is 0.314 e. The van der Waals surface area contributed by atoms with Crippen LogP contribution in [0.1, 0.15) is 43.1 Å². The van der Waals surface area contributed by atoms with Gasteiger partial charge in [-0.15, -0.1) is 36.2 Å². The van der Waals surface area contributed by atoms with Crippen LogP contribution in [0.2, 0.25) is 0 Å². The van der Waals surface area contributed by atoms with Gasteiger partial charge in [-0.2, -0.15) is 0 Å². The van der Waals surface area contributed by atoms with Gasteiger partial charge in [0.05, 0.1) is 12.2 Å². The van der Waals surface area contributed by atoms with Crippen LogP contribution in [0.25, 0.3) is 0 Å². The molecule has 1 unspecified atom stereocenters. The second-order valence-electron chi connectivity index (χ2n) is 7.12. The molecule has 0 spiro atoms. The molecule has 140 valence electrons. The molecule has 0 bridgehead atoms. The van der Waals surface area contributed by atoms with Crippen molar-refractivity contribution < 1.29 is 4.39 Å². The summed E-state index contributed by atoms with van der Waals surface area (Å²) in [6.45, 7) is 10.1. The van der Waals surface area contributed by atoms with Crippen LogP contribution in [0.5, 0.6) is 0 Å². The fourth-order valence-corrected chi connectivity index (χ4v) is 3.93. The molecule has 3 nitrogen and oxygen atoms in total. The normalized spacial score (nSPS) is 18.3. The number of piperazine rings is 1. The summed E-state index contributed by atoms with van der Waals surface area (Å²) in [6.07, 6.45) is 0. The SMILES string of the molecule is CC(C)(C)c1csc(CN2CCNCC2c2cccc(F)c2)n1.Cl.Cl. The Hall–Kier alpha value is -0.720. The van der Waals surface area contributed by atoms with Crippen LogP contribution in [-0.4, -0.2) is 29.5 Å². The minimum Gasteiger partial charge on any atom is -0.314 e. The van der Waals surface area contributed by atoms with Crippen LogP contribution in [-0.2, 0) is 12.0 Å². The molecule has 25 heavy (non-hydrogen) atoms. The average molecular weight is 406 g/mol. The molecule has 1 aliphatic rings. The van der Waals surface area contributed by atoms with Gasteiger partial charge >= 0.3 is 0 Å². The molecule has 3 rings (SSSR count). The Bertz CT molecular complexity index is 672. The van der Waals surface area contributed by atoms with Gasteiger partial charge in [0.2, 0.25) is 0 Å². The lowest BCUT2D eigenvalue weighted by molar-refractivity contribution is 0.153. The molecule has 2 aromatic rings. The van der Waals surface area contributed by atoms with Crippen molar-refractivity contribution in [1.29, 1.82) is 0 Å². The number of hydrogen-bond acceptors (Lipinski definition) is 4. The number of benzene rings is 1. The number of nitrogens with one attached hydrogen (secondary N) is 1. The van der Waals surface area contributed by atoms with E-state index in [1.807, 2.05) is 6.07 Å². The lowest BCUT2D eigenvalue weighted by Crippen LogP contribution is -2.45. The third-order valence-electron chi connectivity index (χ3n) is 4.25. The van der Waals surface area contributed by atoms with Crippen LogP contribution in [0.4, 0.5) is 4.39 Å². The van der Waals surface area contributed by atoms with Crippen LogP contribution in [0.3, 0.4) is 0 Å². The molecule has 1 atom stereocenters. The maximum Gasteiger partial charge on any atom is 0.123 e. The van der Waals surface area contributed by atoms with E-state index in [-0.39, 0.29) is 42.1 Å². The number of thiazole rings is 1. The highest BCUT2D eigenvalue weighted by molar-refractivity contribution is 7.09. The molecule has 0 radical (unpaired) electrons. The van der Waals surface area contributed by atoms with E-state index in [0.717, 1.165) is 42.4 Å². The molecule has 1 N–H and O–H groups in total. The zero-order chi connectivity index (χ0) is 16.4. The second-order valence-corrected chi connectivity index (χ2v) is 8.06. The van der Waals surface area contributed by atoms with Crippen molar-refractivity contribution in [1.82, 2.24) is 15.2 Å². The number of halogens is 3. The molecule has 0 aliphatic carbocycles. The Labute approximate surface area is 165 Å². The first kappa shape index (κ1) is 22.3. The minimum atomic E-state index is -0.169. The Balaban J connectivity index is 0.00000156. The van der Waals surface area contributed by atoms with E-state index in [9.17, 15) is 4.39 Å². The van der Waals surface area contributed by atoms with Crippen LogP contribution >= 0.6 is 36.2 Å². The van der Waals surface area contributed by atoms with Crippen LogP contribution < -0.4 is 5.32 Å². The molecule has 0 amide bonds. The smallest absolute Gasteiger partial charge is 0.123 e. The van der Waals surface area contributed by atoms with Crippen molar-refractivity contribution >= 4 is 36.2 Å². The van der Waals surface area contributed by atoms with Gasteiger partial charge in [0, 0.05) is 36.5 Å². The fourth-order valence-electron chi connectivity index (χ4n) is 2.88. The van der Waals surface area contributed by atoms with Crippen molar-refractivity contribution in [3.8, 4) is 0 Å². The summed E-state index contributed by atoms with van der Waals surface area (Å²) < 4.78 is 13.6. The monoisotopic (exact) mass is 405 g/mol. The third-order valence-corrected chi connectivity index (χ3v) is 5.08. The maximum absolute atomic E-state index is 13.6. The topological polar surface area (TPSA) is 28.2 Å². The van der Waals surface area contributed by atoms with Crippen molar-refractivity contribution in [2.75, 3.05) is 19.6 Å². The molecule has 1 aromatic heterocycles. The van der Waals surface area contributed by atoms with E-state index in [1.165, 1.54) is 6.07 Å². The summed E-state index contributed by atoms with van der Waals surface area (Å²) in [4.78, 5) is 7.20. The quantitative estimate of drug-likeness (QED) is 0.810. The Morgan fingerprint density at radius 2 is 2.08 bits per heavy atom. The maximum atomic E-state index is 13.6. The molecule has 1 saturated heterocycles. The zero-order valence-electron chi connectivity index (χ0n) is 14.8. The molecule has 7 heteroatoms. The lowest BCUT2D eigenvalue weighted by atomic mass is 9.93. The summed E-state index contributed by atoms with van der Waals surface area (Å²) in [5.74, 6) is -0.169. The Morgan fingerprint density at radius 1 is 1.32 bits per heavy atom. The predicted octanol–water partition coefficient (Wildman–Crippen LogP) is 4.57. The van der Waals surface area contributed by atoms with E-state index >= 15 is 0 Å². The van der Waals surface area contributed by atoms with Gasteiger partial charge in [0.25, 0.3) is 0 Å². The van der Waals surface area contributed by atoms with Gasteiger partial charge in [-0.3, -0.25) is 4.90 Å². The lowest BCUT2D eigenvalue weighted by Gasteiger charge is -2.36. The highest BCUT2D eigenvalue weighted by Gasteiger charge is 2.25. The first-order valence-electron chi connectivity index (χ1n) is 8.08. The highest BCUT2D eigenvalue weighted by atomic mass is 35.5. The Kier molecular flexibility index (Phi) is 8.29. The summed E-state index contributed by atoms with van der Waals surface area (Å²) in [5.41, 5.74) is 2.26. The van der Waals surface area contributed by atoms with E-state index in [1.54, 1.807) is 23.5 Å². The van der Waals surface area contributed by atoms with Gasteiger partial charge in [0.15, 0.2) is 0 Å². The summed E-state index contributed by atoms with van der Waals surface area (Å²) in [5, 5.41) is 6.72. The first-order valence-corrected chi connectivity index (χ1v) is 8.96. The van der Waals surface area contributed by atoms with E-state index < -0.39 is 0 Å². The van der Waals surface area contributed by atoms with Gasteiger partial charge in [-0.05, 0) is 17.7 Å². The molecule has 2 heterocycles. The van der Waals surface area contributed by atoms with Crippen LogP contribution in [0, 0.1) is 5.82 Å². The molecular formula is C18H26Cl2FN3S. The first-order chi connectivity index (χ1) is 10.9. The number of aromatic nitrogens is 1. The van der Waals surface area contributed by atoms with Gasteiger partial charge < -0.3 is 5.32 Å². The standard InChI is InChI=1S/C18H24FN3S.2ClH/c1-18(2,3)16-12-23-17(21-16)11-22-8-7-20-10-15(22)13-5-4-6-14(19)9-13;;/h4-6,9,12,15,20H,7-8,10-11H2,1-3H3;2*1H. The molecule has 1 fully saturated rings. The second kappa shape index (κ2) is 9.28. The van der Waals surface area contributed by atoms with Gasteiger partial charge in [-0.25, -0.2) is 9.37 Å². The summed E-state index contributed by atoms with van der Waals surface area (Å²) >= 11 is 1.72. The van der Waals surface area contributed by atoms with Gasteiger partial charge in [-0.1, -0.05) is 32.9 Å². The van der Waals surface area contributed by atoms with E-state index in [2.05, 4.69) is 36.4 Å². The highest BCUT2D eigenvalue weighted by Crippen LogP contribution is 2.28. The predicted molar refractivity (Wildman–Crippen MR) is 108 cm³/mol. The molecule has 1 aliphatic heterocycles. The number of rotatable bonds is 3. The molecular weight excluding hydrogens is 380 g/mol. The van der Waals surface area contributed by atoms with Crippen molar-refractivity contribution in [2.45, 2.75) is 38.8 Å². The zero-order valence-corrected chi connectivity index (χ0v) is 17.2. The minimum absolute atomic E-state index is 0. The fraction of sp³-hybridized carbons (Fsp3) is 0.500. The molecule has 1 aromatic carbocycles. The van der Waals surface area contributed by atoms with E-state index in [0.29, 0.717) is 0 Å². The Morgan fingerprint density at radius 3 is 2.72 bits per heavy atom. The van der Waals surface area contributed by atoms with Crippen LogP contribution in [0.15, 0.2) is 29.6 Å². The summed E-state index contributed by atoms with van der Waals surface area (Å²) in [6, 6.07) is 7.14. The van der Waals surface area contributed by atoms with Gasteiger partial charge in [0.1, 0.15) is 10.8 Å². The van der Waals surface area contributed by atoms with Crippen molar-refractivity contribution in [3.63, 3.8) is 0 Å². The number of nitrogens with zero attached hydrogens (tertiary/aromatic N) is 2. The molecule has 0 saturated carbocycles. The number of hydrogen-bond donors (Lipinski definition) is 1. The third kappa shape index (κ3) is 5.63. The van der Waals surface area contributed by atoms with Crippen molar-refractivity contribution in [3.05, 3.63) is 51.7 Å². The van der Waals surface area contributed by atoms with E-state index in [4.69, 9.17) is 4.98 Å². The summed E-state index contributed by atoms with van der Waals surface area (Å²) in [7, 11) is 0. The van der Waals surface area contributed by atoms with Crippen molar-refractivity contribution in [2.24, 2.45) is 0 Å².